The molecular formula is C17H15BrN2O5. The van der Waals surface area contributed by atoms with Crippen LogP contribution in [0.4, 0.5) is 0 Å². The van der Waals surface area contributed by atoms with Gasteiger partial charge in [-0.15, -0.1) is 0 Å². The highest BCUT2D eigenvalue weighted by Crippen LogP contribution is 2.15. The van der Waals surface area contributed by atoms with Gasteiger partial charge in [0, 0.05) is 18.2 Å². The van der Waals surface area contributed by atoms with Crippen LogP contribution in [-0.4, -0.2) is 41.1 Å². The van der Waals surface area contributed by atoms with E-state index in [1.807, 2.05) is 0 Å². The molecule has 0 aliphatic rings. The number of esters is 1. The number of carboxylic acid groups (broad SMARTS) is 1. The minimum Gasteiger partial charge on any atom is -0.480 e. The van der Waals surface area contributed by atoms with E-state index in [2.05, 4.69) is 31.0 Å². The molecule has 8 heteroatoms. The first-order valence-corrected chi connectivity index (χ1v) is 8.03. The molecule has 0 radical (unpaired) electrons. The first-order valence-electron chi connectivity index (χ1n) is 7.24. The Hall–Kier alpha value is -2.74. The molecule has 7 nitrogen and oxygen atoms in total. The number of pyridine rings is 1. The molecular weight excluding hydrogens is 392 g/mol. The second kappa shape index (κ2) is 8.39. The largest absolute Gasteiger partial charge is 0.480 e. The number of carbonyl (C=O) groups is 3. The molecule has 0 aliphatic carbocycles. The number of rotatable bonds is 6. The second-order valence-electron chi connectivity index (χ2n) is 5.09. The monoisotopic (exact) mass is 406 g/mol. The van der Waals surface area contributed by atoms with Gasteiger partial charge in [0.05, 0.1) is 12.7 Å². The summed E-state index contributed by atoms with van der Waals surface area (Å²) in [5, 5.41) is 11.8. The maximum Gasteiger partial charge on any atom is 0.337 e. The number of ether oxygens (including phenoxy) is 1. The number of hydrogen-bond acceptors (Lipinski definition) is 5. The average molecular weight is 407 g/mol. The number of hydrogen-bond donors (Lipinski definition) is 2. The Bertz CT molecular complexity index is 809. The van der Waals surface area contributed by atoms with Gasteiger partial charge in [0.1, 0.15) is 10.6 Å². The molecule has 2 N–H and O–H groups in total. The number of halogens is 1. The lowest BCUT2D eigenvalue weighted by Gasteiger charge is -2.15. The molecule has 1 aromatic carbocycles. The Balaban J connectivity index is 2.17. The molecule has 0 spiro atoms. The minimum absolute atomic E-state index is 0.0617. The first kappa shape index (κ1) is 18.6. The molecule has 0 saturated heterocycles. The number of methoxy groups -OCH3 is 1. The Kier molecular flexibility index (Phi) is 6.24. The summed E-state index contributed by atoms with van der Waals surface area (Å²) in [6, 6.07) is 8.12. The zero-order chi connectivity index (χ0) is 18.4. The highest BCUT2D eigenvalue weighted by atomic mass is 79.9. The quantitative estimate of drug-likeness (QED) is 0.561. The zero-order valence-corrected chi connectivity index (χ0v) is 14.8. The number of carboxylic acids is 1. The molecule has 0 bridgehead atoms. The Morgan fingerprint density at radius 2 is 1.96 bits per heavy atom. The molecule has 0 saturated carbocycles. The maximum absolute atomic E-state index is 12.3. The van der Waals surface area contributed by atoms with Crippen molar-refractivity contribution in [3.63, 3.8) is 0 Å². The summed E-state index contributed by atoms with van der Waals surface area (Å²) in [5.74, 6) is -2.35. The number of benzene rings is 1. The van der Waals surface area contributed by atoms with Crippen molar-refractivity contribution < 1.29 is 24.2 Å². The van der Waals surface area contributed by atoms with E-state index in [1.54, 1.807) is 18.3 Å². The van der Waals surface area contributed by atoms with Crippen molar-refractivity contribution in [2.45, 2.75) is 12.5 Å². The SMILES string of the molecule is COC(=O)c1cccc(C(=O)N[C@@H](Cc2cccnc2Br)C(=O)O)c1. The number of aromatic nitrogens is 1. The second-order valence-corrected chi connectivity index (χ2v) is 5.85. The van der Waals surface area contributed by atoms with Crippen LogP contribution in [0.25, 0.3) is 0 Å². The molecule has 1 aromatic heterocycles. The van der Waals surface area contributed by atoms with Gasteiger partial charge in [0.2, 0.25) is 0 Å². The van der Waals surface area contributed by atoms with Crippen molar-refractivity contribution in [3.05, 3.63) is 63.9 Å². The molecule has 1 atom stereocenters. The molecule has 2 rings (SSSR count). The number of aliphatic carboxylic acids is 1. The highest BCUT2D eigenvalue weighted by molar-refractivity contribution is 9.10. The van der Waals surface area contributed by atoms with Crippen LogP contribution in [0.1, 0.15) is 26.3 Å². The van der Waals surface area contributed by atoms with Crippen LogP contribution in [0, 0.1) is 0 Å². The topological polar surface area (TPSA) is 106 Å². The Labute approximate surface area is 152 Å². The summed E-state index contributed by atoms with van der Waals surface area (Å²) in [6.07, 6.45) is 1.63. The molecule has 1 heterocycles. The van der Waals surface area contributed by atoms with Crippen molar-refractivity contribution in [1.29, 1.82) is 0 Å². The third kappa shape index (κ3) is 4.87. The van der Waals surface area contributed by atoms with E-state index in [9.17, 15) is 19.5 Å². The van der Waals surface area contributed by atoms with Gasteiger partial charge in [0.15, 0.2) is 0 Å². The smallest absolute Gasteiger partial charge is 0.337 e. The van der Waals surface area contributed by atoms with Gasteiger partial charge in [-0.1, -0.05) is 12.1 Å². The molecule has 1 amide bonds. The standard InChI is InChI=1S/C17H15BrN2O5/c1-25-17(24)12-5-2-4-11(8-12)15(21)20-13(16(22)23)9-10-6-3-7-19-14(10)18/h2-8,13H,9H2,1H3,(H,20,21)(H,22,23)/t13-/m0/s1. The summed E-state index contributed by atoms with van der Waals surface area (Å²) >= 11 is 3.25. The van der Waals surface area contributed by atoms with Gasteiger partial charge in [-0.2, -0.15) is 0 Å². The normalized spacial score (nSPS) is 11.4. The van der Waals surface area contributed by atoms with Crippen molar-refractivity contribution in [3.8, 4) is 0 Å². The van der Waals surface area contributed by atoms with E-state index in [4.69, 9.17) is 0 Å². The fourth-order valence-electron chi connectivity index (χ4n) is 2.14. The Morgan fingerprint density at radius 3 is 2.60 bits per heavy atom. The van der Waals surface area contributed by atoms with Crippen molar-refractivity contribution in [2.75, 3.05) is 7.11 Å². The summed E-state index contributed by atoms with van der Waals surface area (Å²) in [6.45, 7) is 0. The van der Waals surface area contributed by atoms with Crippen molar-refractivity contribution >= 4 is 33.8 Å². The van der Waals surface area contributed by atoms with Crippen LogP contribution in [0.5, 0.6) is 0 Å². The van der Waals surface area contributed by atoms with Crippen LogP contribution >= 0.6 is 15.9 Å². The molecule has 2 aromatic rings. The van der Waals surface area contributed by atoms with E-state index in [1.165, 1.54) is 31.4 Å². The van der Waals surface area contributed by atoms with E-state index in [0.717, 1.165) is 0 Å². The predicted octanol–water partition coefficient (Wildman–Crippen LogP) is 2.06. The van der Waals surface area contributed by atoms with Gasteiger partial charge < -0.3 is 15.2 Å². The molecule has 0 fully saturated rings. The fourth-order valence-corrected chi connectivity index (χ4v) is 2.55. The lowest BCUT2D eigenvalue weighted by molar-refractivity contribution is -0.139. The third-order valence-electron chi connectivity index (χ3n) is 3.41. The number of carbonyl (C=O) groups excluding carboxylic acids is 2. The zero-order valence-electron chi connectivity index (χ0n) is 13.2. The maximum atomic E-state index is 12.3. The van der Waals surface area contributed by atoms with E-state index in [-0.39, 0.29) is 17.5 Å². The van der Waals surface area contributed by atoms with Gasteiger partial charge >= 0.3 is 11.9 Å². The van der Waals surface area contributed by atoms with E-state index in [0.29, 0.717) is 10.2 Å². The Morgan fingerprint density at radius 1 is 1.24 bits per heavy atom. The van der Waals surface area contributed by atoms with Crippen LogP contribution in [0.2, 0.25) is 0 Å². The predicted molar refractivity (Wildman–Crippen MR) is 92.3 cm³/mol. The van der Waals surface area contributed by atoms with E-state index < -0.39 is 23.9 Å². The fraction of sp³-hybridized carbons (Fsp3) is 0.176. The van der Waals surface area contributed by atoms with Crippen LogP contribution in [0.3, 0.4) is 0 Å². The first-order chi connectivity index (χ1) is 11.9. The van der Waals surface area contributed by atoms with Crippen LogP contribution in [-0.2, 0) is 16.0 Å². The highest BCUT2D eigenvalue weighted by Gasteiger charge is 2.22. The van der Waals surface area contributed by atoms with Gasteiger partial charge in [-0.3, -0.25) is 4.79 Å². The van der Waals surface area contributed by atoms with Gasteiger partial charge in [-0.05, 0) is 45.8 Å². The third-order valence-corrected chi connectivity index (χ3v) is 4.12. The van der Waals surface area contributed by atoms with Crippen LogP contribution < -0.4 is 5.32 Å². The lowest BCUT2D eigenvalue weighted by atomic mass is 10.1. The molecule has 0 unspecified atom stereocenters. The minimum atomic E-state index is -1.17. The number of amides is 1. The summed E-state index contributed by atoms with van der Waals surface area (Å²) < 4.78 is 5.12. The van der Waals surface area contributed by atoms with E-state index >= 15 is 0 Å². The molecule has 0 aliphatic heterocycles. The lowest BCUT2D eigenvalue weighted by Crippen LogP contribution is -2.42. The van der Waals surface area contributed by atoms with Gasteiger partial charge in [0.25, 0.3) is 5.91 Å². The molecule has 130 valence electrons. The summed E-state index contributed by atoms with van der Waals surface area (Å²) in [5.41, 5.74) is 1.02. The summed E-state index contributed by atoms with van der Waals surface area (Å²) in [4.78, 5) is 39.4. The van der Waals surface area contributed by atoms with Crippen molar-refractivity contribution in [1.82, 2.24) is 10.3 Å². The van der Waals surface area contributed by atoms with Crippen LogP contribution in [0.15, 0.2) is 47.2 Å². The summed E-state index contributed by atoms with van der Waals surface area (Å²) in [7, 11) is 1.24. The molecule has 25 heavy (non-hydrogen) atoms. The number of nitrogens with one attached hydrogen (secondary N) is 1. The number of nitrogens with zero attached hydrogens (tertiary/aromatic N) is 1. The average Bonchev–Trinajstić information content (AvgIpc) is 2.62. The van der Waals surface area contributed by atoms with Crippen molar-refractivity contribution in [2.24, 2.45) is 0 Å². The van der Waals surface area contributed by atoms with Gasteiger partial charge in [-0.25, -0.2) is 14.6 Å².